The zero-order chi connectivity index (χ0) is 15.6. The Kier molecular flexibility index (Phi) is 3.88. The van der Waals surface area contributed by atoms with Crippen molar-refractivity contribution >= 4 is 10.9 Å². The predicted octanol–water partition coefficient (Wildman–Crippen LogP) is 4.30. The lowest BCUT2D eigenvalue weighted by atomic mass is 9.90. The summed E-state index contributed by atoms with van der Waals surface area (Å²) < 4.78 is 16.2. The van der Waals surface area contributed by atoms with Gasteiger partial charge in [0.1, 0.15) is 5.82 Å². The lowest BCUT2D eigenvalue weighted by Gasteiger charge is -2.22. The quantitative estimate of drug-likeness (QED) is 0.763. The molecule has 1 fully saturated rings. The summed E-state index contributed by atoms with van der Waals surface area (Å²) in [4.78, 5) is 0. The molecule has 118 valence electrons. The largest absolute Gasteiger partial charge is 0.343 e. The first-order valence-corrected chi connectivity index (χ1v) is 8.35. The number of para-hydroxylation sites is 1. The molecule has 2 nitrogen and oxygen atoms in total. The van der Waals surface area contributed by atoms with Crippen LogP contribution in [0.2, 0.25) is 0 Å². The number of piperidine rings is 1. The molecule has 1 aliphatic rings. The normalized spacial score (nSPS) is 16.0. The average Bonchev–Trinajstić information content (AvgIpc) is 2.97. The van der Waals surface area contributed by atoms with Gasteiger partial charge in [0.25, 0.3) is 0 Å². The zero-order valence-electron chi connectivity index (χ0n) is 13.1. The van der Waals surface area contributed by atoms with E-state index in [0.29, 0.717) is 12.5 Å². The van der Waals surface area contributed by atoms with Gasteiger partial charge in [-0.3, -0.25) is 0 Å². The smallest absolute Gasteiger partial charge is 0.128 e. The lowest BCUT2D eigenvalue weighted by Crippen LogP contribution is -2.26. The number of hydrogen-bond acceptors (Lipinski definition) is 1. The Balaban J connectivity index is 1.76. The van der Waals surface area contributed by atoms with E-state index in [1.807, 2.05) is 12.1 Å². The molecule has 0 aliphatic carbocycles. The fourth-order valence-corrected chi connectivity index (χ4v) is 3.67. The molecule has 0 unspecified atom stereocenters. The van der Waals surface area contributed by atoms with Crippen molar-refractivity contribution in [3.8, 4) is 0 Å². The summed E-state index contributed by atoms with van der Waals surface area (Å²) in [5.74, 6) is 0.469. The van der Waals surface area contributed by atoms with Crippen molar-refractivity contribution in [2.45, 2.75) is 25.3 Å². The second-order valence-electron chi connectivity index (χ2n) is 6.35. The van der Waals surface area contributed by atoms with Crippen molar-refractivity contribution in [1.29, 1.82) is 0 Å². The van der Waals surface area contributed by atoms with Crippen LogP contribution in [-0.2, 0) is 6.54 Å². The van der Waals surface area contributed by atoms with Crippen LogP contribution in [-0.4, -0.2) is 17.7 Å². The summed E-state index contributed by atoms with van der Waals surface area (Å²) in [6.45, 7) is 2.74. The van der Waals surface area contributed by atoms with Gasteiger partial charge in [0.2, 0.25) is 0 Å². The maximum Gasteiger partial charge on any atom is 0.128 e. The van der Waals surface area contributed by atoms with Gasteiger partial charge in [-0.2, -0.15) is 0 Å². The van der Waals surface area contributed by atoms with Crippen LogP contribution < -0.4 is 5.32 Å². The van der Waals surface area contributed by atoms with E-state index in [-0.39, 0.29) is 5.82 Å². The first kappa shape index (κ1) is 14.5. The number of halogens is 1. The van der Waals surface area contributed by atoms with Crippen LogP contribution in [0.25, 0.3) is 10.9 Å². The molecule has 3 heteroatoms. The second kappa shape index (κ2) is 6.17. The first-order valence-electron chi connectivity index (χ1n) is 8.35. The molecule has 0 bridgehead atoms. The van der Waals surface area contributed by atoms with Gasteiger partial charge in [0, 0.05) is 22.7 Å². The van der Waals surface area contributed by atoms with Crippen molar-refractivity contribution in [2.75, 3.05) is 13.1 Å². The molecule has 23 heavy (non-hydrogen) atoms. The van der Waals surface area contributed by atoms with Crippen LogP contribution in [0.1, 0.15) is 29.9 Å². The zero-order valence-corrected chi connectivity index (χ0v) is 13.1. The molecule has 0 saturated carbocycles. The lowest BCUT2D eigenvalue weighted by molar-refractivity contribution is 0.461. The molecule has 3 aromatic rings. The molecule has 2 heterocycles. The summed E-state index contributed by atoms with van der Waals surface area (Å²) in [6.07, 6.45) is 4.59. The minimum atomic E-state index is -0.131. The molecular weight excluding hydrogens is 287 g/mol. The highest BCUT2D eigenvalue weighted by molar-refractivity contribution is 5.84. The van der Waals surface area contributed by atoms with E-state index >= 15 is 0 Å². The summed E-state index contributed by atoms with van der Waals surface area (Å²) >= 11 is 0. The van der Waals surface area contributed by atoms with Crippen LogP contribution in [0.15, 0.2) is 54.7 Å². The Morgan fingerprint density at radius 3 is 2.57 bits per heavy atom. The number of hydrogen-bond donors (Lipinski definition) is 1. The van der Waals surface area contributed by atoms with Crippen LogP contribution in [0.4, 0.5) is 4.39 Å². The third-order valence-electron chi connectivity index (χ3n) is 4.90. The summed E-state index contributed by atoms with van der Waals surface area (Å²) in [5.41, 5.74) is 3.35. The van der Waals surface area contributed by atoms with E-state index < -0.39 is 0 Å². The molecular formula is C20H21FN2. The van der Waals surface area contributed by atoms with Crippen LogP contribution >= 0.6 is 0 Å². The number of fused-ring (bicyclic) bond motifs is 1. The third-order valence-corrected chi connectivity index (χ3v) is 4.90. The topological polar surface area (TPSA) is 17.0 Å². The minimum Gasteiger partial charge on any atom is -0.343 e. The summed E-state index contributed by atoms with van der Waals surface area (Å²) in [6, 6.07) is 15.5. The van der Waals surface area contributed by atoms with Gasteiger partial charge in [-0.25, -0.2) is 4.39 Å². The van der Waals surface area contributed by atoms with E-state index in [0.717, 1.165) is 18.7 Å². The third kappa shape index (κ3) is 2.77. The molecule has 4 rings (SSSR count). The standard InChI is InChI=1S/C20H21FN2/c21-19-7-3-1-5-16(19)13-23-14-18(15-9-11-22-12-10-15)17-6-2-4-8-20(17)23/h1-8,14-15,22H,9-13H2. The summed E-state index contributed by atoms with van der Waals surface area (Å²) in [5, 5.41) is 4.75. The Labute approximate surface area is 135 Å². The van der Waals surface area contributed by atoms with Crippen molar-refractivity contribution in [3.63, 3.8) is 0 Å². The van der Waals surface area contributed by atoms with Crippen LogP contribution in [0.3, 0.4) is 0 Å². The molecule has 0 amide bonds. The molecule has 0 spiro atoms. The molecule has 0 radical (unpaired) electrons. The molecule has 0 atom stereocenters. The molecule has 1 N–H and O–H groups in total. The maximum absolute atomic E-state index is 14.0. The minimum absolute atomic E-state index is 0.131. The van der Waals surface area contributed by atoms with E-state index in [9.17, 15) is 4.39 Å². The van der Waals surface area contributed by atoms with E-state index in [1.54, 1.807) is 6.07 Å². The SMILES string of the molecule is Fc1ccccc1Cn1cc(C2CCNCC2)c2ccccc21. The van der Waals surface area contributed by atoms with Crippen molar-refractivity contribution in [1.82, 2.24) is 9.88 Å². The number of aromatic nitrogens is 1. The Hall–Kier alpha value is -2.13. The number of nitrogens with one attached hydrogen (secondary N) is 1. The first-order chi connectivity index (χ1) is 11.3. The number of rotatable bonds is 3. The van der Waals surface area contributed by atoms with Gasteiger partial charge >= 0.3 is 0 Å². The highest BCUT2D eigenvalue weighted by atomic mass is 19.1. The molecule has 1 saturated heterocycles. The number of benzene rings is 2. The monoisotopic (exact) mass is 308 g/mol. The summed E-state index contributed by atoms with van der Waals surface area (Å²) in [7, 11) is 0. The molecule has 2 aromatic carbocycles. The molecule has 1 aromatic heterocycles. The van der Waals surface area contributed by atoms with Gasteiger partial charge in [-0.15, -0.1) is 0 Å². The van der Waals surface area contributed by atoms with Crippen LogP contribution in [0.5, 0.6) is 0 Å². The van der Waals surface area contributed by atoms with Crippen molar-refractivity contribution < 1.29 is 4.39 Å². The van der Waals surface area contributed by atoms with Crippen molar-refractivity contribution in [2.24, 2.45) is 0 Å². The van der Waals surface area contributed by atoms with Gasteiger partial charge in [0.15, 0.2) is 0 Å². The predicted molar refractivity (Wildman–Crippen MR) is 92.3 cm³/mol. The van der Waals surface area contributed by atoms with Gasteiger partial charge < -0.3 is 9.88 Å². The van der Waals surface area contributed by atoms with Gasteiger partial charge in [-0.05, 0) is 49.5 Å². The fourth-order valence-electron chi connectivity index (χ4n) is 3.67. The van der Waals surface area contributed by atoms with Crippen LogP contribution in [0, 0.1) is 5.82 Å². The highest BCUT2D eigenvalue weighted by Gasteiger charge is 2.20. The Bertz CT molecular complexity index is 815. The molecule has 1 aliphatic heterocycles. The van der Waals surface area contributed by atoms with Gasteiger partial charge in [0.05, 0.1) is 6.54 Å². The Morgan fingerprint density at radius 1 is 1.00 bits per heavy atom. The van der Waals surface area contributed by atoms with E-state index in [2.05, 4.69) is 40.3 Å². The average molecular weight is 308 g/mol. The number of nitrogens with zero attached hydrogens (tertiary/aromatic N) is 1. The van der Waals surface area contributed by atoms with Gasteiger partial charge in [-0.1, -0.05) is 36.4 Å². The maximum atomic E-state index is 14.0. The highest BCUT2D eigenvalue weighted by Crippen LogP contribution is 2.33. The second-order valence-corrected chi connectivity index (χ2v) is 6.35. The van der Waals surface area contributed by atoms with Crippen molar-refractivity contribution in [3.05, 3.63) is 71.7 Å². The Morgan fingerprint density at radius 2 is 1.74 bits per heavy atom. The van der Waals surface area contributed by atoms with E-state index in [4.69, 9.17) is 0 Å². The fraction of sp³-hybridized carbons (Fsp3) is 0.300. The van der Waals surface area contributed by atoms with E-state index in [1.165, 1.54) is 35.4 Å².